The molecule has 0 saturated heterocycles. The van der Waals surface area contributed by atoms with Crippen LogP contribution in [-0.4, -0.2) is 69.7 Å². The molecular formula is C48H42N4O8. The van der Waals surface area contributed by atoms with Gasteiger partial charge in [-0.05, 0) is 55.6 Å². The van der Waals surface area contributed by atoms with Gasteiger partial charge >= 0.3 is 12.2 Å². The van der Waals surface area contributed by atoms with Crippen molar-refractivity contribution in [3.8, 4) is 22.3 Å². The number of aliphatic hydroxyl groups excluding tert-OH is 2. The molecule has 0 heterocycles. The topological polar surface area (TPSA) is 158 Å². The maximum atomic E-state index is 13.9. The molecule has 0 spiro atoms. The average Bonchev–Trinajstić information content (AvgIpc) is 3.79. The quantitative estimate of drug-likeness (QED) is 0.106. The highest BCUT2D eigenvalue weighted by molar-refractivity contribution is 5.92. The van der Waals surface area contributed by atoms with Crippen LogP contribution in [0.1, 0.15) is 45.2 Å². The van der Waals surface area contributed by atoms with Crippen LogP contribution in [0, 0.1) is 0 Å². The fourth-order valence-corrected chi connectivity index (χ4v) is 7.95. The normalized spacial score (nSPS) is 13.4. The Labute approximate surface area is 346 Å². The number of fused-ring (bicyclic) bond motifs is 6. The molecule has 0 radical (unpaired) electrons. The van der Waals surface area contributed by atoms with Gasteiger partial charge in [-0.15, -0.1) is 0 Å². The third-order valence-corrected chi connectivity index (χ3v) is 10.8. The Hall–Kier alpha value is -7.28. The number of rotatable bonds is 11. The molecule has 12 heteroatoms. The van der Waals surface area contributed by atoms with Gasteiger partial charge in [-0.3, -0.25) is 9.59 Å². The summed E-state index contributed by atoms with van der Waals surface area (Å²) in [6, 6.07) is 48.7. The van der Waals surface area contributed by atoms with Gasteiger partial charge in [0.2, 0.25) is 0 Å². The summed E-state index contributed by atoms with van der Waals surface area (Å²) in [5.41, 5.74) is 14.1. The largest absolute Gasteiger partial charge is 0.447 e. The molecule has 12 nitrogen and oxygen atoms in total. The summed E-state index contributed by atoms with van der Waals surface area (Å²) in [5, 5.41) is 24.2. The average molecular weight is 803 g/mol. The van der Waals surface area contributed by atoms with Crippen LogP contribution in [0.3, 0.4) is 0 Å². The van der Waals surface area contributed by atoms with E-state index < -0.39 is 36.2 Å². The molecule has 8 rings (SSSR count). The molecule has 0 aliphatic heterocycles. The Kier molecular flexibility index (Phi) is 11.7. The molecule has 2 atom stereocenters. The number of aliphatic hydroxyl groups is 2. The highest BCUT2D eigenvalue weighted by Crippen LogP contribution is 2.45. The summed E-state index contributed by atoms with van der Waals surface area (Å²) in [6.45, 7) is -0.582. The lowest BCUT2D eigenvalue weighted by Gasteiger charge is -2.30. The predicted octanol–water partition coefficient (Wildman–Crippen LogP) is 6.67. The van der Waals surface area contributed by atoms with Crippen LogP contribution in [0.15, 0.2) is 158 Å². The number of nitrogens with zero attached hydrogens (tertiary/aromatic N) is 2. The molecule has 4 amide bonds. The van der Waals surface area contributed by atoms with E-state index in [0.717, 1.165) is 54.5 Å². The zero-order chi connectivity index (χ0) is 41.6. The SMILES string of the molecule is O=C(NN(Cc1ccccc1)C(=O)[C@H](O)[C@@H](O)C(=O)N(Cc1ccccc1)NC(=O)OCC1c2ccccc2-c2ccccc21)OCC1c2ccccc2-c2ccccc21. The standard InChI is InChI=1S/C48H42N4O8/c53-43(45(55)51(27-31-15-3-1-4-16-31)49-47(57)59-29-41-37-23-11-7-19-33(37)34-20-8-12-24-38(34)41)44(54)46(56)52(28-32-17-5-2-6-18-32)50-48(58)60-30-42-39-25-13-9-21-35(39)36-22-10-14-26-40(36)42/h1-26,41-44,53-54H,27-30H2,(H,49,57)(H,50,58)/t43-,44-/m1/s1. The van der Waals surface area contributed by atoms with Crippen molar-refractivity contribution in [3.05, 3.63) is 191 Å². The number of hydrazine groups is 2. The van der Waals surface area contributed by atoms with Gasteiger partial charge in [0.15, 0.2) is 12.2 Å². The van der Waals surface area contributed by atoms with Crippen molar-refractivity contribution in [2.24, 2.45) is 0 Å². The highest BCUT2D eigenvalue weighted by Gasteiger charge is 2.38. The van der Waals surface area contributed by atoms with Gasteiger partial charge in [-0.1, -0.05) is 158 Å². The second-order valence-corrected chi connectivity index (χ2v) is 14.6. The van der Waals surface area contributed by atoms with Gasteiger partial charge in [0, 0.05) is 11.8 Å². The number of amides is 4. The van der Waals surface area contributed by atoms with Crippen molar-refractivity contribution in [2.75, 3.05) is 13.2 Å². The molecule has 0 saturated carbocycles. The van der Waals surface area contributed by atoms with E-state index in [4.69, 9.17) is 9.47 Å². The van der Waals surface area contributed by atoms with E-state index in [1.54, 1.807) is 60.7 Å². The van der Waals surface area contributed by atoms with Crippen LogP contribution in [-0.2, 0) is 32.2 Å². The first-order valence-electron chi connectivity index (χ1n) is 19.6. The lowest BCUT2D eigenvalue weighted by atomic mass is 9.98. The van der Waals surface area contributed by atoms with Gasteiger partial charge in [0.05, 0.1) is 13.1 Å². The fraction of sp³-hybridized carbons (Fsp3) is 0.167. The van der Waals surface area contributed by atoms with E-state index in [0.29, 0.717) is 11.1 Å². The van der Waals surface area contributed by atoms with E-state index in [1.807, 2.05) is 97.1 Å². The third-order valence-electron chi connectivity index (χ3n) is 10.8. The first-order valence-corrected chi connectivity index (χ1v) is 19.6. The minimum atomic E-state index is -2.38. The van der Waals surface area contributed by atoms with Gasteiger partial charge in [-0.25, -0.2) is 30.5 Å². The van der Waals surface area contributed by atoms with E-state index >= 15 is 0 Å². The van der Waals surface area contributed by atoms with Crippen LogP contribution in [0.4, 0.5) is 9.59 Å². The predicted molar refractivity (Wildman–Crippen MR) is 222 cm³/mol. The van der Waals surface area contributed by atoms with Gasteiger partial charge in [0.25, 0.3) is 11.8 Å². The van der Waals surface area contributed by atoms with Gasteiger partial charge in [-0.2, -0.15) is 0 Å². The Bertz CT molecular complexity index is 2250. The third kappa shape index (κ3) is 8.33. The molecule has 0 unspecified atom stereocenters. The zero-order valence-corrected chi connectivity index (χ0v) is 32.4. The summed E-state index contributed by atoms with van der Waals surface area (Å²) in [7, 11) is 0. The number of hydrogen-bond acceptors (Lipinski definition) is 8. The second kappa shape index (κ2) is 17.7. The van der Waals surface area contributed by atoms with Crippen molar-refractivity contribution < 1.29 is 38.9 Å². The van der Waals surface area contributed by atoms with E-state index in [-0.39, 0.29) is 38.1 Å². The first kappa shape index (κ1) is 39.5. The molecule has 6 aromatic carbocycles. The van der Waals surface area contributed by atoms with Gasteiger partial charge in [0.1, 0.15) is 13.2 Å². The molecule has 302 valence electrons. The van der Waals surface area contributed by atoms with Crippen LogP contribution in [0.2, 0.25) is 0 Å². The monoisotopic (exact) mass is 802 g/mol. The number of benzene rings is 6. The summed E-state index contributed by atoms with van der Waals surface area (Å²) in [5.74, 6) is -2.92. The van der Waals surface area contributed by atoms with E-state index in [9.17, 15) is 29.4 Å². The molecule has 0 aromatic heterocycles. The molecular weight excluding hydrogens is 761 g/mol. The zero-order valence-electron chi connectivity index (χ0n) is 32.4. The molecule has 4 N–H and O–H groups in total. The number of carbonyl (C=O) groups is 4. The molecule has 0 bridgehead atoms. The van der Waals surface area contributed by atoms with Crippen LogP contribution in [0.5, 0.6) is 0 Å². The van der Waals surface area contributed by atoms with Crippen molar-refractivity contribution >= 4 is 24.0 Å². The van der Waals surface area contributed by atoms with E-state index in [1.165, 1.54) is 0 Å². The Morgan fingerprint density at radius 1 is 0.450 bits per heavy atom. The molecule has 60 heavy (non-hydrogen) atoms. The van der Waals surface area contributed by atoms with Gasteiger partial charge < -0.3 is 19.7 Å². The van der Waals surface area contributed by atoms with Crippen LogP contribution >= 0.6 is 0 Å². The smallest absolute Gasteiger partial charge is 0.426 e. The Balaban J connectivity index is 0.957. The first-order chi connectivity index (χ1) is 29.3. The lowest BCUT2D eigenvalue weighted by Crippen LogP contribution is -2.58. The number of carbonyl (C=O) groups excluding carboxylic acids is 4. The van der Waals surface area contributed by atoms with E-state index in [2.05, 4.69) is 10.9 Å². The Morgan fingerprint density at radius 3 is 1.05 bits per heavy atom. The minimum Gasteiger partial charge on any atom is -0.447 e. The summed E-state index contributed by atoms with van der Waals surface area (Å²) < 4.78 is 11.3. The molecule has 2 aliphatic carbocycles. The molecule has 0 fully saturated rings. The maximum absolute atomic E-state index is 13.9. The molecule has 2 aliphatic rings. The Morgan fingerprint density at radius 2 is 0.733 bits per heavy atom. The summed E-state index contributed by atoms with van der Waals surface area (Å²) in [6.07, 6.45) is -6.73. The minimum absolute atomic E-state index is 0.0487. The number of ether oxygens (including phenoxy) is 2. The molecule has 6 aromatic rings. The van der Waals surface area contributed by atoms with Crippen molar-refractivity contribution in [1.29, 1.82) is 0 Å². The maximum Gasteiger partial charge on any atom is 0.426 e. The number of nitrogens with one attached hydrogen (secondary N) is 2. The summed E-state index contributed by atoms with van der Waals surface area (Å²) in [4.78, 5) is 54.6. The fourth-order valence-electron chi connectivity index (χ4n) is 7.95. The van der Waals surface area contributed by atoms with Crippen molar-refractivity contribution in [1.82, 2.24) is 20.9 Å². The number of hydrogen-bond donors (Lipinski definition) is 4. The summed E-state index contributed by atoms with van der Waals surface area (Å²) >= 11 is 0. The lowest BCUT2D eigenvalue weighted by molar-refractivity contribution is -0.162. The highest BCUT2D eigenvalue weighted by atomic mass is 16.6. The second-order valence-electron chi connectivity index (χ2n) is 14.6. The van der Waals surface area contributed by atoms with Crippen LogP contribution < -0.4 is 10.9 Å². The van der Waals surface area contributed by atoms with Crippen molar-refractivity contribution in [2.45, 2.75) is 37.1 Å². The van der Waals surface area contributed by atoms with Crippen molar-refractivity contribution in [3.63, 3.8) is 0 Å². The van der Waals surface area contributed by atoms with Crippen LogP contribution in [0.25, 0.3) is 22.3 Å².